The van der Waals surface area contributed by atoms with E-state index in [1.54, 1.807) is 18.2 Å². The van der Waals surface area contributed by atoms with Gasteiger partial charge in [0.25, 0.3) is 0 Å². The third-order valence-corrected chi connectivity index (χ3v) is 7.25. The van der Waals surface area contributed by atoms with E-state index in [0.29, 0.717) is 34.9 Å². The van der Waals surface area contributed by atoms with Crippen molar-refractivity contribution in [3.05, 3.63) is 112 Å². The maximum Gasteiger partial charge on any atom is 0.342 e. The van der Waals surface area contributed by atoms with Crippen LogP contribution in [-0.4, -0.2) is 25.8 Å². The summed E-state index contributed by atoms with van der Waals surface area (Å²) >= 11 is 7.08. The summed E-state index contributed by atoms with van der Waals surface area (Å²) in [6.45, 7) is 2.99. The number of aliphatic carboxylic acids is 1. The number of aromatic nitrogens is 3. The molecule has 0 aliphatic heterocycles. The molecule has 0 saturated heterocycles. The predicted octanol–water partition coefficient (Wildman–Crippen LogP) is 7.57. The number of nitrogens with zero attached hydrogens (tertiary/aromatic N) is 3. The molecule has 5 rings (SSSR count). The number of hydrogen-bond acceptors (Lipinski definition) is 5. The molecule has 0 unspecified atom stereocenters. The lowest BCUT2D eigenvalue weighted by Crippen LogP contribution is -2.02. The summed E-state index contributed by atoms with van der Waals surface area (Å²) in [5.74, 6) is 0.326. The van der Waals surface area contributed by atoms with Crippen LogP contribution in [0.25, 0.3) is 28.2 Å². The minimum atomic E-state index is -1.04. The maximum absolute atomic E-state index is 12.1. The van der Waals surface area contributed by atoms with Gasteiger partial charge in [0.2, 0.25) is 0 Å². The summed E-state index contributed by atoms with van der Waals surface area (Å²) in [4.78, 5) is 12.2. The van der Waals surface area contributed by atoms with Gasteiger partial charge in [-0.2, -0.15) is 0 Å². The minimum Gasteiger partial charge on any atom is -0.489 e. The van der Waals surface area contributed by atoms with Gasteiger partial charge in [-0.25, -0.2) is 4.79 Å². The van der Waals surface area contributed by atoms with Crippen LogP contribution >= 0.6 is 23.4 Å². The quantitative estimate of drug-likeness (QED) is 0.153. The van der Waals surface area contributed by atoms with E-state index >= 15 is 0 Å². The Morgan fingerprint density at radius 3 is 2.45 bits per heavy atom. The van der Waals surface area contributed by atoms with Crippen molar-refractivity contribution in [3.63, 3.8) is 0 Å². The van der Waals surface area contributed by atoms with E-state index in [1.165, 1.54) is 5.39 Å². The predicted molar refractivity (Wildman–Crippen MR) is 152 cm³/mol. The lowest BCUT2D eigenvalue weighted by Gasteiger charge is -2.10. The van der Waals surface area contributed by atoms with Crippen LogP contribution < -0.4 is 4.74 Å². The van der Waals surface area contributed by atoms with Gasteiger partial charge in [-0.15, -0.1) is 10.2 Å². The number of benzene rings is 4. The third-order valence-electron chi connectivity index (χ3n) is 6.00. The molecule has 8 heteroatoms. The lowest BCUT2D eigenvalue weighted by molar-refractivity contribution is -0.131. The van der Waals surface area contributed by atoms with E-state index in [0.717, 1.165) is 33.8 Å². The van der Waals surface area contributed by atoms with Crippen molar-refractivity contribution in [2.75, 3.05) is 0 Å². The van der Waals surface area contributed by atoms with Crippen molar-refractivity contribution in [2.24, 2.45) is 0 Å². The number of hydrogen-bond donors (Lipinski definition) is 1. The Balaban J connectivity index is 1.32. The minimum absolute atomic E-state index is 0.138. The molecule has 0 bridgehead atoms. The molecular formula is C30H24ClN3O3S. The molecule has 0 spiro atoms. The van der Waals surface area contributed by atoms with Crippen LogP contribution in [0.2, 0.25) is 5.02 Å². The highest BCUT2D eigenvalue weighted by molar-refractivity contribution is 8.04. The van der Waals surface area contributed by atoms with Gasteiger partial charge >= 0.3 is 5.97 Å². The second kappa shape index (κ2) is 11.5. The molecule has 0 saturated carbocycles. The highest BCUT2D eigenvalue weighted by Gasteiger charge is 2.18. The Labute approximate surface area is 229 Å². The smallest absolute Gasteiger partial charge is 0.342 e. The van der Waals surface area contributed by atoms with Gasteiger partial charge < -0.3 is 14.4 Å². The second-order valence-electron chi connectivity index (χ2n) is 8.47. The second-order valence-corrected chi connectivity index (χ2v) is 9.91. The normalized spacial score (nSPS) is 11.6. The SMILES string of the molecule is CCn1c(S/C(=C\c2ccc(OCc3cccc4ccccc34)cc2)C(=O)O)nnc1-c1ccc(Cl)cc1. The first-order valence-electron chi connectivity index (χ1n) is 12.0. The van der Waals surface area contributed by atoms with Crippen molar-refractivity contribution in [1.29, 1.82) is 0 Å². The van der Waals surface area contributed by atoms with Crippen molar-refractivity contribution in [2.45, 2.75) is 25.2 Å². The third kappa shape index (κ3) is 5.74. The zero-order valence-electron chi connectivity index (χ0n) is 20.5. The molecule has 38 heavy (non-hydrogen) atoms. The molecule has 5 aromatic rings. The Morgan fingerprint density at radius 2 is 1.71 bits per heavy atom. The van der Waals surface area contributed by atoms with E-state index in [4.69, 9.17) is 16.3 Å². The lowest BCUT2D eigenvalue weighted by atomic mass is 10.1. The number of carboxylic acid groups (broad SMARTS) is 1. The molecule has 0 aliphatic rings. The highest BCUT2D eigenvalue weighted by Crippen LogP contribution is 2.31. The molecule has 0 fully saturated rings. The molecule has 1 N–H and O–H groups in total. The summed E-state index contributed by atoms with van der Waals surface area (Å²) < 4.78 is 7.90. The Hall–Kier alpha value is -4.07. The molecule has 0 atom stereocenters. The molecule has 6 nitrogen and oxygen atoms in total. The molecular weight excluding hydrogens is 518 g/mol. The van der Waals surface area contributed by atoms with Crippen LogP contribution in [0.1, 0.15) is 18.1 Å². The molecule has 1 heterocycles. The van der Waals surface area contributed by atoms with Crippen LogP contribution in [0.3, 0.4) is 0 Å². The van der Waals surface area contributed by atoms with Crippen molar-refractivity contribution < 1.29 is 14.6 Å². The van der Waals surface area contributed by atoms with E-state index in [9.17, 15) is 9.90 Å². The number of carbonyl (C=O) groups is 1. The number of fused-ring (bicyclic) bond motifs is 1. The largest absolute Gasteiger partial charge is 0.489 e. The first-order chi connectivity index (χ1) is 18.5. The Bertz CT molecular complexity index is 1610. The van der Waals surface area contributed by atoms with E-state index < -0.39 is 5.97 Å². The summed E-state index contributed by atoms with van der Waals surface area (Å²) in [6.07, 6.45) is 1.62. The van der Waals surface area contributed by atoms with Gasteiger partial charge in [0, 0.05) is 17.1 Å². The monoisotopic (exact) mass is 541 g/mol. The number of ether oxygens (including phenoxy) is 1. The van der Waals surface area contributed by atoms with E-state index in [-0.39, 0.29) is 4.91 Å². The van der Waals surface area contributed by atoms with E-state index in [1.807, 2.05) is 66.1 Å². The number of thioether (sulfide) groups is 1. The average molecular weight is 542 g/mol. The molecule has 0 aliphatic carbocycles. The summed E-state index contributed by atoms with van der Waals surface area (Å²) in [5, 5.41) is 21.9. The van der Waals surface area contributed by atoms with Gasteiger partial charge in [0.05, 0.1) is 0 Å². The molecule has 0 radical (unpaired) electrons. The van der Waals surface area contributed by atoms with Crippen LogP contribution in [-0.2, 0) is 17.9 Å². The van der Waals surface area contributed by atoms with Gasteiger partial charge in [0.1, 0.15) is 17.3 Å². The number of halogens is 1. The zero-order chi connectivity index (χ0) is 26.5. The molecule has 0 amide bonds. The van der Waals surface area contributed by atoms with Gasteiger partial charge in [0.15, 0.2) is 11.0 Å². The van der Waals surface area contributed by atoms with Crippen LogP contribution in [0.5, 0.6) is 5.75 Å². The maximum atomic E-state index is 12.1. The Kier molecular flexibility index (Phi) is 7.77. The average Bonchev–Trinajstić information content (AvgIpc) is 3.35. The molecule has 190 valence electrons. The van der Waals surface area contributed by atoms with E-state index in [2.05, 4.69) is 34.5 Å². The van der Waals surface area contributed by atoms with Crippen molar-refractivity contribution >= 4 is 46.2 Å². The van der Waals surface area contributed by atoms with Crippen LogP contribution in [0, 0.1) is 0 Å². The van der Waals surface area contributed by atoms with Crippen LogP contribution in [0.4, 0.5) is 0 Å². The first-order valence-corrected chi connectivity index (χ1v) is 13.2. The van der Waals surface area contributed by atoms with Gasteiger partial charge in [-0.1, -0.05) is 66.2 Å². The van der Waals surface area contributed by atoms with Crippen molar-refractivity contribution in [1.82, 2.24) is 14.8 Å². The van der Waals surface area contributed by atoms with Gasteiger partial charge in [-0.05, 0) is 83.1 Å². The first kappa shape index (κ1) is 25.6. The van der Waals surface area contributed by atoms with Crippen LogP contribution in [0.15, 0.2) is 101 Å². The fourth-order valence-electron chi connectivity index (χ4n) is 4.09. The van der Waals surface area contributed by atoms with Gasteiger partial charge in [-0.3, -0.25) is 0 Å². The highest BCUT2D eigenvalue weighted by atomic mass is 35.5. The molecule has 1 aromatic heterocycles. The summed E-state index contributed by atoms with van der Waals surface area (Å²) in [7, 11) is 0. The zero-order valence-corrected chi connectivity index (χ0v) is 22.1. The fraction of sp³-hybridized carbons (Fsp3) is 0.100. The fourth-order valence-corrected chi connectivity index (χ4v) is 5.10. The molecule has 4 aromatic carbocycles. The topological polar surface area (TPSA) is 77.2 Å². The van der Waals surface area contributed by atoms with Crippen molar-refractivity contribution in [3.8, 4) is 17.1 Å². The summed E-state index contributed by atoms with van der Waals surface area (Å²) in [6, 6.07) is 29.0. The number of carboxylic acids is 1. The standard InChI is InChI=1S/C30H24ClN3O3S/c1-2-34-28(22-12-14-24(31)15-13-22)32-33-30(34)38-27(29(35)36)18-20-10-16-25(17-11-20)37-19-23-8-5-7-21-6-3-4-9-26(21)23/h3-18H,2,19H2,1H3,(H,35,36)/b27-18-. The summed E-state index contributed by atoms with van der Waals surface area (Å²) in [5.41, 5.74) is 2.71. The Morgan fingerprint density at radius 1 is 0.974 bits per heavy atom. The number of rotatable bonds is 9.